The number of methoxy groups -OCH3 is 2. The SMILES string of the molecule is COc1ccc(OC)c(Sc2nc3c([nH]2)c(=N)ncn3CCC(C2CC2)N(C(=O)O)C(C)(C)C)c1. The number of carboxylic acid groups (broad SMARTS) is 1. The highest BCUT2D eigenvalue weighted by Crippen LogP contribution is 2.40. The highest BCUT2D eigenvalue weighted by Gasteiger charge is 2.41. The van der Waals surface area contributed by atoms with Crippen molar-refractivity contribution >= 4 is 29.0 Å². The number of nitrogens with one attached hydrogen (secondary N) is 2. The molecule has 0 aliphatic heterocycles. The van der Waals surface area contributed by atoms with E-state index in [2.05, 4.69) is 9.97 Å². The fourth-order valence-electron chi connectivity index (χ4n) is 4.40. The van der Waals surface area contributed by atoms with E-state index >= 15 is 0 Å². The molecule has 188 valence electrons. The average Bonchev–Trinajstić information content (AvgIpc) is 3.55. The lowest BCUT2D eigenvalue weighted by atomic mass is 9.98. The minimum absolute atomic E-state index is 0.0837. The summed E-state index contributed by atoms with van der Waals surface area (Å²) in [4.78, 5) is 26.7. The van der Waals surface area contributed by atoms with Crippen LogP contribution in [0.1, 0.15) is 40.0 Å². The van der Waals surface area contributed by atoms with E-state index in [0.29, 0.717) is 46.7 Å². The number of nitrogens with zero attached hydrogens (tertiary/aromatic N) is 4. The molecule has 1 aliphatic rings. The maximum atomic E-state index is 12.1. The molecule has 3 aromatic rings. The van der Waals surface area contributed by atoms with Gasteiger partial charge in [-0.25, -0.2) is 14.8 Å². The van der Waals surface area contributed by atoms with E-state index in [9.17, 15) is 9.90 Å². The number of aromatic amines is 1. The molecule has 2 heterocycles. The van der Waals surface area contributed by atoms with Crippen molar-refractivity contribution in [3.63, 3.8) is 0 Å². The van der Waals surface area contributed by atoms with Crippen molar-refractivity contribution in [2.75, 3.05) is 14.2 Å². The monoisotopic (exact) mass is 500 g/mol. The molecule has 35 heavy (non-hydrogen) atoms. The van der Waals surface area contributed by atoms with Gasteiger partial charge in [0.05, 0.1) is 25.4 Å². The molecule has 1 fully saturated rings. The maximum Gasteiger partial charge on any atom is 0.407 e. The first kappa shape index (κ1) is 24.9. The van der Waals surface area contributed by atoms with E-state index in [-0.39, 0.29) is 11.5 Å². The van der Waals surface area contributed by atoms with Crippen LogP contribution in [0.2, 0.25) is 0 Å². The molecule has 0 radical (unpaired) electrons. The van der Waals surface area contributed by atoms with Crippen LogP contribution < -0.4 is 15.0 Å². The number of aryl methyl sites for hydroxylation is 1. The Kier molecular flexibility index (Phi) is 6.98. The first-order valence-corrected chi connectivity index (χ1v) is 12.4. The Bertz CT molecular complexity index is 1280. The third kappa shape index (κ3) is 5.39. The van der Waals surface area contributed by atoms with Crippen LogP contribution >= 0.6 is 11.8 Å². The van der Waals surface area contributed by atoms with E-state index in [0.717, 1.165) is 17.7 Å². The molecule has 1 aliphatic carbocycles. The van der Waals surface area contributed by atoms with E-state index in [4.69, 9.17) is 19.9 Å². The number of benzene rings is 1. The van der Waals surface area contributed by atoms with Gasteiger partial charge in [-0.2, -0.15) is 0 Å². The van der Waals surface area contributed by atoms with Gasteiger partial charge in [-0.15, -0.1) is 0 Å². The van der Waals surface area contributed by atoms with Crippen molar-refractivity contribution in [3.8, 4) is 11.5 Å². The number of hydrogen-bond donors (Lipinski definition) is 3. The minimum Gasteiger partial charge on any atom is -0.497 e. The maximum absolute atomic E-state index is 12.1. The zero-order chi connectivity index (χ0) is 25.3. The molecule has 0 bridgehead atoms. The summed E-state index contributed by atoms with van der Waals surface area (Å²) in [6.07, 6.45) is 3.44. The molecule has 1 unspecified atom stereocenters. The first-order valence-electron chi connectivity index (χ1n) is 11.5. The molecule has 4 rings (SSSR count). The molecule has 1 atom stereocenters. The van der Waals surface area contributed by atoms with Gasteiger partial charge in [-0.05, 0) is 75.9 Å². The summed E-state index contributed by atoms with van der Waals surface area (Å²) < 4.78 is 12.7. The van der Waals surface area contributed by atoms with Crippen LogP contribution in [-0.2, 0) is 6.54 Å². The van der Waals surface area contributed by atoms with Crippen LogP contribution in [0.5, 0.6) is 11.5 Å². The minimum atomic E-state index is -0.894. The van der Waals surface area contributed by atoms with Crippen LogP contribution in [0.15, 0.2) is 34.6 Å². The van der Waals surface area contributed by atoms with Crippen molar-refractivity contribution in [3.05, 3.63) is 30.0 Å². The molecular formula is C24H32N6O4S. The van der Waals surface area contributed by atoms with Crippen molar-refractivity contribution in [1.82, 2.24) is 24.4 Å². The second-order valence-electron chi connectivity index (χ2n) is 9.66. The molecule has 1 aromatic carbocycles. The average molecular weight is 501 g/mol. The summed E-state index contributed by atoms with van der Waals surface area (Å²) in [6.45, 7) is 6.34. The second-order valence-corrected chi connectivity index (χ2v) is 10.7. The van der Waals surface area contributed by atoms with Gasteiger partial charge < -0.3 is 29.0 Å². The van der Waals surface area contributed by atoms with Gasteiger partial charge in [0.15, 0.2) is 16.3 Å². The molecule has 2 aromatic heterocycles. The molecular weight excluding hydrogens is 468 g/mol. The number of fused-ring (bicyclic) bond motifs is 1. The van der Waals surface area contributed by atoms with Crippen LogP contribution in [0.25, 0.3) is 11.2 Å². The summed E-state index contributed by atoms with van der Waals surface area (Å²) in [5.74, 6) is 1.77. The van der Waals surface area contributed by atoms with Crippen molar-refractivity contribution in [2.24, 2.45) is 5.92 Å². The summed E-state index contributed by atoms with van der Waals surface area (Å²) >= 11 is 1.38. The Labute approximate surface area is 208 Å². The largest absolute Gasteiger partial charge is 0.497 e. The Morgan fingerprint density at radius 1 is 1.34 bits per heavy atom. The lowest BCUT2D eigenvalue weighted by molar-refractivity contribution is 0.0579. The zero-order valence-electron chi connectivity index (χ0n) is 20.7. The number of ether oxygens (including phenoxy) is 2. The van der Waals surface area contributed by atoms with Crippen molar-refractivity contribution < 1.29 is 19.4 Å². The Hall–Kier alpha value is -3.21. The van der Waals surface area contributed by atoms with Crippen molar-refractivity contribution in [1.29, 1.82) is 5.41 Å². The fourth-order valence-corrected chi connectivity index (χ4v) is 5.32. The molecule has 0 spiro atoms. The molecule has 11 heteroatoms. The number of hydrogen-bond acceptors (Lipinski definition) is 7. The van der Waals surface area contributed by atoms with Gasteiger partial charge in [0.2, 0.25) is 0 Å². The molecule has 3 N–H and O–H groups in total. The van der Waals surface area contributed by atoms with Crippen LogP contribution in [0, 0.1) is 11.3 Å². The summed E-state index contributed by atoms with van der Waals surface area (Å²) in [6, 6.07) is 5.45. The molecule has 1 saturated carbocycles. The van der Waals surface area contributed by atoms with E-state index in [1.807, 2.05) is 43.5 Å². The van der Waals surface area contributed by atoms with E-state index in [1.54, 1.807) is 25.4 Å². The van der Waals surface area contributed by atoms with E-state index in [1.165, 1.54) is 11.8 Å². The van der Waals surface area contributed by atoms with Gasteiger partial charge >= 0.3 is 6.09 Å². The first-order chi connectivity index (χ1) is 16.6. The van der Waals surface area contributed by atoms with Gasteiger partial charge in [0.25, 0.3) is 0 Å². The van der Waals surface area contributed by atoms with E-state index < -0.39 is 11.6 Å². The van der Waals surface area contributed by atoms with Gasteiger partial charge in [-0.3, -0.25) is 5.41 Å². The van der Waals surface area contributed by atoms with Crippen molar-refractivity contribution in [2.45, 2.75) is 68.2 Å². The number of imidazole rings is 1. The number of carbonyl (C=O) groups is 1. The summed E-state index contributed by atoms with van der Waals surface area (Å²) in [5, 5.41) is 18.8. The van der Waals surface area contributed by atoms with Gasteiger partial charge in [-0.1, -0.05) is 0 Å². The smallest absolute Gasteiger partial charge is 0.407 e. The predicted octanol–water partition coefficient (Wildman–Crippen LogP) is 4.35. The van der Waals surface area contributed by atoms with Gasteiger partial charge in [0.1, 0.15) is 17.0 Å². The lowest BCUT2D eigenvalue weighted by Gasteiger charge is -2.40. The highest BCUT2D eigenvalue weighted by atomic mass is 32.2. The zero-order valence-corrected chi connectivity index (χ0v) is 21.5. The predicted molar refractivity (Wildman–Crippen MR) is 132 cm³/mol. The Morgan fingerprint density at radius 2 is 2.09 bits per heavy atom. The fraction of sp³-hybridized carbons (Fsp3) is 0.500. The van der Waals surface area contributed by atoms with Crippen LogP contribution in [0.3, 0.4) is 0 Å². The number of amides is 1. The standard InChI is InChI=1S/C24H32N6O4S/c1-24(2,3)30(23(31)32)16(14-6-7-14)10-11-29-13-26-20(25)19-21(29)28-22(27-19)35-18-12-15(33-4)8-9-17(18)34-5/h8-9,12-14,16,25H,6-7,10-11H2,1-5H3,(H,27,28)(H,31,32). The Balaban J connectivity index is 1.62. The molecule has 10 nitrogen and oxygen atoms in total. The number of H-pyrrole nitrogens is 1. The summed E-state index contributed by atoms with van der Waals surface area (Å²) in [5.41, 5.74) is 0.759. The highest BCUT2D eigenvalue weighted by molar-refractivity contribution is 7.99. The number of aromatic nitrogens is 4. The molecule has 1 amide bonds. The van der Waals surface area contributed by atoms with Gasteiger partial charge in [0, 0.05) is 18.1 Å². The Morgan fingerprint density at radius 3 is 2.69 bits per heavy atom. The topological polar surface area (TPSA) is 129 Å². The second kappa shape index (κ2) is 9.80. The number of rotatable bonds is 9. The molecule has 0 saturated heterocycles. The van der Waals surface area contributed by atoms with Crippen LogP contribution in [-0.4, -0.2) is 61.4 Å². The third-order valence-corrected chi connectivity index (χ3v) is 7.09. The summed E-state index contributed by atoms with van der Waals surface area (Å²) in [7, 11) is 3.22. The van der Waals surface area contributed by atoms with Crippen LogP contribution in [0.4, 0.5) is 4.79 Å². The third-order valence-electron chi connectivity index (χ3n) is 6.17. The lowest BCUT2D eigenvalue weighted by Crippen LogP contribution is -2.52. The normalized spacial score (nSPS) is 14.7. The quantitative estimate of drug-likeness (QED) is 0.398.